The monoisotopic (exact) mass is 367 g/mol. The van der Waals surface area contributed by atoms with Gasteiger partial charge in [0.25, 0.3) is 5.56 Å². The summed E-state index contributed by atoms with van der Waals surface area (Å²) >= 11 is 0. The fourth-order valence-corrected chi connectivity index (χ4v) is 4.13. The lowest BCUT2D eigenvalue weighted by Gasteiger charge is -2.34. The van der Waals surface area contributed by atoms with Gasteiger partial charge < -0.3 is 9.88 Å². The Morgan fingerprint density at radius 2 is 1.96 bits per heavy atom. The van der Waals surface area contributed by atoms with E-state index in [2.05, 4.69) is 26.8 Å². The number of rotatable bonds is 4. The summed E-state index contributed by atoms with van der Waals surface area (Å²) in [5.74, 6) is 0.694. The van der Waals surface area contributed by atoms with Crippen LogP contribution in [-0.4, -0.2) is 56.3 Å². The molecule has 4 heterocycles. The number of nitrogens with zero attached hydrogens (tertiary/aromatic N) is 4. The van der Waals surface area contributed by atoms with Crippen LogP contribution in [0.2, 0.25) is 0 Å². The first kappa shape index (κ1) is 17.9. The molecular formula is C20H25N5O2. The maximum absolute atomic E-state index is 13.1. The molecule has 2 aliphatic rings. The lowest BCUT2D eigenvalue weighted by molar-refractivity contribution is -0.137. The van der Waals surface area contributed by atoms with E-state index in [0.717, 1.165) is 25.1 Å². The van der Waals surface area contributed by atoms with Crippen LogP contribution >= 0.6 is 0 Å². The third kappa shape index (κ3) is 3.51. The minimum Gasteiger partial charge on any atom is -0.335 e. The molecular weight excluding hydrogens is 342 g/mol. The molecule has 0 radical (unpaired) electrons. The average Bonchev–Trinajstić information content (AvgIpc) is 3.23. The quantitative estimate of drug-likeness (QED) is 0.887. The molecule has 142 valence electrons. The number of hydrogen-bond donors (Lipinski definition) is 1. The minimum atomic E-state index is -0.106. The smallest absolute Gasteiger partial charge is 0.254 e. The van der Waals surface area contributed by atoms with Crippen LogP contribution in [0.5, 0.6) is 0 Å². The van der Waals surface area contributed by atoms with Crippen LogP contribution in [0.1, 0.15) is 37.4 Å². The van der Waals surface area contributed by atoms with Gasteiger partial charge in [0, 0.05) is 30.1 Å². The summed E-state index contributed by atoms with van der Waals surface area (Å²) < 4.78 is 0. The number of likely N-dealkylation sites (tertiary alicyclic amines) is 1. The van der Waals surface area contributed by atoms with Gasteiger partial charge in [-0.1, -0.05) is 6.92 Å². The molecule has 0 aromatic carbocycles. The summed E-state index contributed by atoms with van der Waals surface area (Å²) in [6, 6.07) is 3.57. The fraction of sp³-hybridized carbons (Fsp3) is 0.500. The molecule has 0 saturated carbocycles. The third-order valence-electron chi connectivity index (χ3n) is 5.59. The summed E-state index contributed by atoms with van der Waals surface area (Å²) in [5.41, 5.74) is 2.12. The van der Waals surface area contributed by atoms with E-state index in [1.54, 1.807) is 12.4 Å². The van der Waals surface area contributed by atoms with E-state index < -0.39 is 0 Å². The number of nitrogens with one attached hydrogen (secondary N) is 1. The lowest BCUT2D eigenvalue weighted by Crippen LogP contribution is -2.49. The molecule has 1 N–H and O–H groups in total. The van der Waals surface area contributed by atoms with Crippen LogP contribution < -0.4 is 5.56 Å². The molecule has 1 atom stereocenters. The number of carbonyl (C=O) groups excluding carboxylic acids is 1. The largest absolute Gasteiger partial charge is 0.335 e. The highest BCUT2D eigenvalue weighted by Gasteiger charge is 2.32. The van der Waals surface area contributed by atoms with Crippen molar-refractivity contribution in [1.29, 1.82) is 0 Å². The molecule has 0 bridgehead atoms. The zero-order valence-electron chi connectivity index (χ0n) is 15.6. The highest BCUT2D eigenvalue weighted by atomic mass is 16.2. The van der Waals surface area contributed by atoms with Gasteiger partial charge in [-0.2, -0.15) is 0 Å². The maximum atomic E-state index is 13.1. The molecule has 1 fully saturated rings. The third-order valence-corrected chi connectivity index (χ3v) is 5.59. The topological polar surface area (TPSA) is 82.2 Å². The molecule has 2 aromatic rings. The molecule has 2 aliphatic heterocycles. The minimum absolute atomic E-state index is 0.0595. The van der Waals surface area contributed by atoms with E-state index in [-0.39, 0.29) is 17.5 Å². The Balaban J connectivity index is 1.59. The SMILES string of the molecule is CCC(C(=O)N1CCc2c(nc(-c3ccncc3)[nH]c2=O)C1)N1CCCC1. The first-order chi connectivity index (χ1) is 13.2. The van der Waals surface area contributed by atoms with Crippen molar-refractivity contribution in [3.8, 4) is 11.4 Å². The number of fused-ring (bicyclic) bond motifs is 1. The van der Waals surface area contributed by atoms with Crippen LogP contribution in [0.15, 0.2) is 29.3 Å². The second-order valence-electron chi connectivity index (χ2n) is 7.25. The molecule has 1 unspecified atom stereocenters. The van der Waals surface area contributed by atoms with Gasteiger partial charge in [0.2, 0.25) is 5.91 Å². The zero-order valence-corrected chi connectivity index (χ0v) is 15.6. The van der Waals surface area contributed by atoms with Crippen molar-refractivity contribution in [3.05, 3.63) is 46.1 Å². The van der Waals surface area contributed by atoms with Crippen molar-refractivity contribution in [3.63, 3.8) is 0 Å². The highest BCUT2D eigenvalue weighted by Crippen LogP contribution is 2.21. The Labute approximate surface area is 158 Å². The van der Waals surface area contributed by atoms with E-state index >= 15 is 0 Å². The number of hydrogen-bond acceptors (Lipinski definition) is 5. The molecule has 1 saturated heterocycles. The number of amides is 1. The Hall–Kier alpha value is -2.54. The average molecular weight is 367 g/mol. The van der Waals surface area contributed by atoms with Crippen molar-refractivity contribution in [2.75, 3.05) is 19.6 Å². The standard InChI is InChI=1S/C20H25N5O2/c1-2-17(24-10-3-4-11-24)20(27)25-12-7-15-16(13-25)22-18(23-19(15)26)14-5-8-21-9-6-14/h5-6,8-9,17H,2-4,7,10-13H2,1H3,(H,22,23,26). The summed E-state index contributed by atoms with van der Waals surface area (Å²) in [5, 5.41) is 0. The number of carbonyl (C=O) groups is 1. The van der Waals surface area contributed by atoms with Gasteiger partial charge in [-0.25, -0.2) is 4.98 Å². The zero-order chi connectivity index (χ0) is 18.8. The second-order valence-corrected chi connectivity index (χ2v) is 7.25. The number of aromatic nitrogens is 3. The van der Waals surface area contributed by atoms with Gasteiger partial charge >= 0.3 is 0 Å². The molecule has 7 nitrogen and oxygen atoms in total. The van der Waals surface area contributed by atoms with Crippen molar-refractivity contribution in [2.45, 2.75) is 45.2 Å². The fourth-order valence-electron chi connectivity index (χ4n) is 4.13. The second kappa shape index (κ2) is 7.60. The van der Waals surface area contributed by atoms with Crippen LogP contribution in [0, 0.1) is 0 Å². The van der Waals surface area contributed by atoms with Gasteiger partial charge in [-0.15, -0.1) is 0 Å². The van der Waals surface area contributed by atoms with Crippen LogP contribution in [0.25, 0.3) is 11.4 Å². The van der Waals surface area contributed by atoms with Crippen molar-refractivity contribution in [1.82, 2.24) is 24.8 Å². The first-order valence-electron chi connectivity index (χ1n) is 9.72. The van der Waals surface area contributed by atoms with E-state index in [1.807, 2.05) is 17.0 Å². The number of pyridine rings is 1. The molecule has 0 spiro atoms. The summed E-state index contributed by atoms with van der Waals surface area (Å²) in [4.78, 5) is 41.4. The molecule has 4 rings (SSSR count). The van der Waals surface area contributed by atoms with Crippen molar-refractivity contribution >= 4 is 5.91 Å². The summed E-state index contributed by atoms with van der Waals surface area (Å²) in [7, 11) is 0. The van der Waals surface area contributed by atoms with E-state index in [4.69, 9.17) is 0 Å². The Morgan fingerprint density at radius 3 is 2.67 bits per heavy atom. The summed E-state index contributed by atoms with van der Waals surface area (Å²) in [6.07, 6.45) is 7.04. The predicted octanol–water partition coefficient (Wildman–Crippen LogP) is 1.59. The van der Waals surface area contributed by atoms with Crippen molar-refractivity contribution < 1.29 is 4.79 Å². The predicted molar refractivity (Wildman–Crippen MR) is 102 cm³/mol. The molecule has 1 amide bonds. The number of aromatic amines is 1. The Morgan fingerprint density at radius 1 is 1.22 bits per heavy atom. The van der Waals surface area contributed by atoms with E-state index in [9.17, 15) is 9.59 Å². The Bertz CT molecular complexity index is 874. The first-order valence-corrected chi connectivity index (χ1v) is 9.72. The lowest BCUT2D eigenvalue weighted by atomic mass is 10.0. The number of H-pyrrole nitrogens is 1. The van der Waals surface area contributed by atoms with Gasteiger partial charge in [-0.05, 0) is 50.9 Å². The van der Waals surface area contributed by atoms with Gasteiger partial charge in [0.1, 0.15) is 5.82 Å². The molecule has 27 heavy (non-hydrogen) atoms. The van der Waals surface area contributed by atoms with Crippen molar-refractivity contribution in [2.24, 2.45) is 0 Å². The molecule has 2 aromatic heterocycles. The maximum Gasteiger partial charge on any atom is 0.254 e. The van der Waals surface area contributed by atoms with E-state index in [0.29, 0.717) is 36.6 Å². The highest BCUT2D eigenvalue weighted by molar-refractivity contribution is 5.82. The van der Waals surface area contributed by atoms with Gasteiger partial charge in [0.15, 0.2) is 0 Å². The van der Waals surface area contributed by atoms with E-state index in [1.165, 1.54) is 12.8 Å². The van der Waals surface area contributed by atoms with Gasteiger partial charge in [0.05, 0.1) is 18.3 Å². The Kier molecular flexibility index (Phi) is 5.03. The van der Waals surface area contributed by atoms with Crippen LogP contribution in [0.3, 0.4) is 0 Å². The van der Waals surface area contributed by atoms with Gasteiger partial charge in [-0.3, -0.25) is 19.5 Å². The van der Waals surface area contributed by atoms with Crippen LogP contribution in [-0.2, 0) is 17.8 Å². The normalized spacial score (nSPS) is 18.3. The molecule has 7 heteroatoms. The van der Waals surface area contributed by atoms with Crippen LogP contribution in [0.4, 0.5) is 0 Å². The molecule has 0 aliphatic carbocycles. The summed E-state index contributed by atoms with van der Waals surface area (Å²) in [6.45, 7) is 5.05.